The zero-order valence-electron chi connectivity index (χ0n) is 29.7. The second kappa shape index (κ2) is 14.3. The molecule has 8 rings (SSSR count). The lowest BCUT2D eigenvalue weighted by atomic mass is 9.94. The number of benzene rings is 2. The average Bonchev–Trinajstić information content (AvgIpc) is 3.82. The number of nitrogens with two attached hydrogens (primary N) is 1. The van der Waals surface area contributed by atoms with E-state index in [4.69, 9.17) is 5.73 Å². The molecular weight excluding hydrogens is 749 g/mol. The number of fused-ring (bicyclic) bond motifs is 1. The molecule has 4 aliphatic rings. The lowest BCUT2D eigenvalue weighted by molar-refractivity contribution is -0.136. The summed E-state index contributed by atoms with van der Waals surface area (Å²) in [4.78, 5) is 73.3. The van der Waals surface area contributed by atoms with E-state index in [1.165, 1.54) is 23.5 Å². The van der Waals surface area contributed by atoms with Gasteiger partial charge in [-0.2, -0.15) is 9.67 Å². The summed E-state index contributed by atoms with van der Waals surface area (Å²) in [7, 11) is -3.77. The number of likely N-dealkylation sites (tertiary alicyclic amines) is 1. The highest BCUT2D eigenvalue weighted by molar-refractivity contribution is 7.89. The molecule has 0 bridgehead atoms. The minimum atomic E-state index is -3.77. The molecule has 5 N–H and O–H groups in total. The number of thiophene rings is 1. The highest BCUT2D eigenvalue weighted by atomic mass is 32.2. The maximum absolute atomic E-state index is 13.3. The summed E-state index contributed by atoms with van der Waals surface area (Å²) < 4.78 is 30.1. The van der Waals surface area contributed by atoms with Crippen molar-refractivity contribution in [3.8, 4) is 0 Å². The molecule has 2 aromatic heterocycles. The normalized spacial score (nSPS) is 19.8. The van der Waals surface area contributed by atoms with E-state index in [-0.39, 0.29) is 52.7 Å². The first-order valence-electron chi connectivity index (χ1n) is 17.9. The van der Waals surface area contributed by atoms with Crippen LogP contribution in [0.15, 0.2) is 58.8 Å². The van der Waals surface area contributed by atoms with Gasteiger partial charge >= 0.3 is 0 Å². The lowest BCUT2D eigenvalue weighted by Crippen LogP contribution is -2.60. The van der Waals surface area contributed by atoms with Gasteiger partial charge in [-0.05, 0) is 91.6 Å². The van der Waals surface area contributed by atoms with Crippen LogP contribution in [-0.4, -0.2) is 107 Å². The van der Waals surface area contributed by atoms with Crippen molar-refractivity contribution in [3.63, 3.8) is 0 Å². The van der Waals surface area contributed by atoms with Gasteiger partial charge in [-0.15, -0.1) is 16.4 Å². The largest absolute Gasteiger partial charge is 0.371 e. The fourth-order valence-electron chi connectivity index (χ4n) is 7.54. The predicted octanol–water partition coefficient (Wildman–Crippen LogP) is 1.94. The van der Waals surface area contributed by atoms with Gasteiger partial charge in [-0.1, -0.05) is 0 Å². The number of carbonyl (C=O) groups excluding carboxylic acids is 5. The van der Waals surface area contributed by atoms with Crippen molar-refractivity contribution >= 4 is 74.2 Å². The summed E-state index contributed by atoms with van der Waals surface area (Å²) in [5, 5.41) is 11.2. The Kier molecular flexibility index (Phi) is 9.48. The lowest BCUT2D eigenvalue weighted by Gasteiger charge is -2.43. The molecule has 17 nitrogen and oxygen atoms in total. The smallest absolute Gasteiger partial charge is 0.291 e. The van der Waals surface area contributed by atoms with Gasteiger partial charge in [0.15, 0.2) is 0 Å². The number of nitrogens with one attached hydrogen (secondary N) is 3. The Bertz CT molecular complexity index is 2330. The summed E-state index contributed by atoms with van der Waals surface area (Å²) in [5.41, 5.74) is 8.64. The number of nitrogens with zero attached hydrogens (tertiary/aromatic N) is 6. The monoisotopic (exact) mass is 786 g/mol. The Hall–Kier alpha value is -5.50. The first-order chi connectivity index (χ1) is 26.3. The van der Waals surface area contributed by atoms with Gasteiger partial charge in [0.25, 0.3) is 17.7 Å². The number of carbonyl (C=O) groups is 5. The maximum atomic E-state index is 13.3. The van der Waals surface area contributed by atoms with Crippen LogP contribution >= 0.6 is 11.3 Å². The van der Waals surface area contributed by atoms with Crippen molar-refractivity contribution in [1.82, 2.24) is 34.6 Å². The van der Waals surface area contributed by atoms with Crippen LogP contribution < -0.4 is 26.0 Å². The van der Waals surface area contributed by atoms with Gasteiger partial charge < -0.3 is 16.0 Å². The van der Waals surface area contributed by atoms with Gasteiger partial charge in [-0.3, -0.25) is 39.1 Å². The predicted molar refractivity (Wildman–Crippen MR) is 202 cm³/mol. The highest BCUT2D eigenvalue weighted by Crippen LogP contribution is 2.33. The fourth-order valence-corrected chi connectivity index (χ4v) is 9.60. The average molecular weight is 787 g/mol. The number of imide groups is 2. The second-order valence-electron chi connectivity index (χ2n) is 14.2. The summed E-state index contributed by atoms with van der Waals surface area (Å²) in [6.45, 7) is 5.39. The number of rotatable bonds is 10. The molecule has 3 saturated heterocycles. The van der Waals surface area contributed by atoms with Crippen LogP contribution in [0.25, 0.3) is 0 Å². The molecule has 4 amide bonds. The fraction of sp³-hybridized carbons (Fsp3) is 0.361. The quantitative estimate of drug-likeness (QED) is 0.169. The van der Waals surface area contributed by atoms with Crippen molar-refractivity contribution in [3.05, 3.63) is 75.5 Å². The van der Waals surface area contributed by atoms with Crippen molar-refractivity contribution < 1.29 is 32.4 Å². The molecule has 0 saturated carbocycles. The Morgan fingerprint density at radius 2 is 1.71 bits per heavy atom. The number of hydrogen-bond donors (Lipinski definition) is 4. The Labute approximate surface area is 319 Å². The molecule has 2 aromatic carbocycles. The van der Waals surface area contributed by atoms with Crippen LogP contribution in [0.5, 0.6) is 0 Å². The number of aromatic nitrogens is 3. The van der Waals surface area contributed by atoms with Gasteiger partial charge in [0, 0.05) is 56.6 Å². The molecule has 3 fully saturated rings. The number of aryl methyl sites for hydroxylation is 1. The van der Waals surface area contributed by atoms with E-state index >= 15 is 0 Å². The summed E-state index contributed by atoms with van der Waals surface area (Å²) in [6, 6.07) is 12.0. The van der Waals surface area contributed by atoms with Crippen LogP contribution in [0, 0.1) is 12.8 Å². The van der Waals surface area contributed by atoms with Crippen LogP contribution in [0.2, 0.25) is 0 Å². The zero-order valence-corrected chi connectivity index (χ0v) is 31.4. The van der Waals surface area contributed by atoms with Crippen LogP contribution in [0.3, 0.4) is 0 Å². The third kappa shape index (κ3) is 7.10. The Balaban J connectivity index is 0.793. The van der Waals surface area contributed by atoms with E-state index in [0.717, 1.165) is 53.3 Å². The van der Waals surface area contributed by atoms with Crippen molar-refractivity contribution in [2.24, 2.45) is 5.92 Å². The number of amides is 4. The standard InChI is InChI=1S/C36H38N10O7S2/c1-20-12-15-54-30(20)34(51)46-35(37)40-36(41-46)38-22-2-5-25(6-3-22)55(52,53)42-23-18-43(19-23)17-21-10-13-44(14-11-21)24-4-7-26-27(16-24)33(50)45(32(26)49)28-8-9-29(47)39-31(28)48/h2-7,12,15-16,21,23,28,42H,8-11,13-14,17-19H2,1H3,(H,39,47,48)(H3,37,38,40,41). The summed E-state index contributed by atoms with van der Waals surface area (Å²) in [5.74, 6) is -2.02. The third-order valence-electron chi connectivity index (χ3n) is 10.5. The third-order valence-corrected chi connectivity index (χ3v) is 13.0. The molecule has 6 heterocycles. The van der Waals surface area contributed by atoms with Gasteiger partial charge in [-0.25, -0.2) is 13.1 Å². The van der Waals surface area contributed by atoms with Crippen LogP contribution in [0.1, 0.15) is 61.6 Å². The summed E-state index contributed by atoms with van der Waals surface area (Å²) in [6.07, 6.45) is 2.00. The molecule has 55 heavy (non-hydrogen) atoms. The molecule has 19 heteroatoms. The van der Waals surface area contributed by atoms with Gasteiger partial charge in [0.1, 0.15) is 6.04 Å². The second-order valence-corrected chi connectivity index (χ2v) is 16.9. The Morgan fingerprint density at radius 3 is 2.40 bits per heavy atom. The minimum Gasteiger partial charge on any atom is -0.371 e. The van der Waals surface area contributed by atoms with Crippen LogP contribution in [-0.2, 0) is 19.6 Å². The molecule has 0 aliphatic carbocycles. The van der Waals surface area contributed by atoms with Gasteiger partial charge in [0.05, 0.1) is 20.9 Å². The molecule has 0 radical (unpaired) electrons. The topological polar surface area (TPSA) is 222 Å². The van der Waals surface area contributed by atoms with E-state index in [1.807, 2.05) is 24.4 Å². The SMILES string of the molecule is Cc1ccsc1C(=O)n1nc(Nc2ccc(S(=O)(=O)NC3CN(CC4CCN(c5ccc6c(c5)C(=O)N(C5CCC(=O)NC5=O)C6=O)CC4)C3)cc2)nc1N. The number of sulfonamides is 1. The first-order valence-corrected chi connectivity index (χ1v) is 20.2. The molecule has 286 valence electrons. The van der Waals surface area contributed by atoms with E-state index in [9.17, 15) is 32.4 Å². The van der Waals surface area contributed by atoms with Crippen molar-refractivity contribution in [2.75, 3.05) is 48.7 Å². The zero-order chi connectivity index (χ0) is 38.6. The maximum Gasteiger partial charge on any atom is 0.291 e. The van der Waals surface area contributed by atoms with Crippen molar-refractivity contribution in [2.45, 2.75) is 49.6 Å². The number of anilines is 4. The van der Waals surface area contributed by atoms with Crippen molar-refractivity contribution in [1.29, 1.82) is 0 Å². The number of piperidine rings is 2. The molecule has 1 atom stereocenters. The van der Waals surface area contributed by atoms with Crippen LogP contribution in [0.4, 0.5) is 23.3 Å². The van der Waals surface area contributed by atoms with E-state index in [2.05, 4.69) is 35.2 Å². The van der Waals surface area contributed by atoms with E-state index in [1.54, 1.807) is 24.3 Å². The first kappa shape index (κ1) is 36.5. The summed E-state index contributed by atoms with van der Waals surface area (Å²) >= 11 is 1.29. The molecule has 4 aliphatic heterocycles. The molecule has 4 aromatic rings. The minimum absolute atomic E-state index is 0.0683. The number of nitrogen functional groups attached to an aromatic ring is 1. The number of hydrogen-bond acceptors (Lipinski definition) is 14. The highest BCUT2D eigenvalue weighted by Gasteiger charge is 2.45. The van der Waals surface area contributed by atoms with Gasteiger partial charge in [0.2, 0.25) is 33.7 Å². The van der Waals surface area contributed by atoms with E-state index in [0.29, 0.717) is 29.6 Å². The van der Waals surface area contributed by atoms with E-state index < -0.39 is 39.7 Å². The molecule has 0 spiro atoms. The Morgan fingerprint density at radius 1 is 0.982 bits per heavy atom. The molecule has 1 unspecified atom stereocenters. The molecular formula is C36H38N10O7S2.